The fourth-order valence-electron chi connectivity index (χ4n) is 1.40. The number of fused-ring (bicyclic) bond motifs is 1. The van der Waals surface area contributed by atoms with Crippen LogP contribution in [0.3, 0.4) is 0 Å². The Morgan fingerprint density at radius 3 is 2.94 bits per heavy atom. The van der Waals surface area contributed by atoms with E-state index in [-0.39, 0.29) is 19.3 Å². The molecule has 5 N–H and O–H groups in total. The van der Waals surface area contributed by atoms with Crippen molar-refractivity contribution in [2.24, 2.45) is 5.14 Å². The summed E-state index contributed by atoms with van der Waals surface area (Å²) in [5.74, 6) is 1.15. The maximum absolute atomic E-state index is 8.97. The van der Waals surface area contributed by atoms with Gasteiger partial charge in [0, 0.05) is 11.1 Å². The topological polar surface area (TPSA) is 97.0 Å². The third-order valence-electron chi connectivity index (χ3n) is 2.15. The van der Waals surface area contributed by atoms with Crippen LogP contribution in [-0.4, -0.2) is 28.4 Å². The number of ether oxygens (including phenoxy) is 2. The van der Waals surface area contributed by atoms with Gasteiger partial charge in [-0.2, -0.15) is 0 Å². The molecule has 1 aromatic rings. The predicted molar refractivity (Wildman–Crippen MR) is 66.4 cm³/mol. The van der Waals surface area contributed by atoms with Gasteiger partial charge in [0.15, 0.2) is 11.5 Å². The number of halogens is 1. The second kappa shape index (κ2) is 4.89. The van der Waals surface area contributed by atoms with Crippen molar-refractivity contribution < 1.29 is 18.6 Å². The number of benzene rings is 1. The van der Waals surface area contributed by atoms with Crippen molar-refractivity contribution in [3.05, 3.63) is 23.2 Å². The van der Waals surface area contributed by atoms with E-state index in [9.17, 15) is 0 Å². The van der Waals surface area contributed by atoms with Crippen molar-refractivity contribution in [2.75, 3.05) is 13.2 Å². The van der Waals surface area contributed by atoms with Crippen LogP contribution in [0.5, 0.6) is 11.5 Å². The SMILES string of the molecule is NS(O)(O)NC[C@H]1COc2cc(Cl)ccc2O1. The maximum atomic E-state index is 8.97. The Morgan fingerprint density at radius 1 is 1.47 bits per heavy atom. The van der Waals surface area contributed by atoms with Gasteiger partial charge >= 0.3 is 0 Å². The molecule has 0 fully saturated rings. The van der Waals surface area contributed by atoms with Crippen LogP contribution in [0.1, 0.15) is 0 Å². The summed E-state index contributed by atoms with van der Waals surface area (Å²) in [4.78, 5) is 0. The van der Waals surface area contributed by atoms with E-state index in [0.717, 1.165) is 0 Å². The van der Waals surface area contributed by atoms with Crippen molar-refractivity contribution >= 4 is 22.6 Å². The minimum atomic E-state index is -3.21. The highest BCUT2D eigenvalue weighted by Crippen LogP contribution is 2.34. The molecule has 0 unspecified atom stereocenters. The van der Waals surface area contributed by atoms with Crippen LogP contribution in [0, 0.1) is 0 Å². The standard InChI is InChI=1S/C9H13ClN2O4S/c10-6-1-2-8-9(3-6)15-5-7(16-8)4-12-17(11,13)14/h1-3,7,12-14H,4-5,11H2/t7-/m0/s1. The lowest BCUT2D eigenvalue weighted by atomic mass is 10.2. The van der Waals surface area contributed by atoms with E-state index in [2.05, 4.69) is 4.72 Å². The van der Waals surface area contributed by atoms with Gasteiger partial charge < -0.3 is 9.47 Å². The largest absolute Gasteiger partial charge is 0.486 e. The fraction of sp³-hybridized carbons (Fsp3) is 0.333. The highest BCUT2D eigenvalue weighted by molar-refractivity contribution is 8.20. The quantitative estimate of drug-likeness (QED) is 0.672. The molecule has 0 radical (unpaired) electrons. The lowest BCUT2D eigenvalue weighted by Gasteiger charge is -2.31. The molecular weight excluding hydrogens is 268 g/mol. The van der Waals surface area contributed by atoms with Crippen LogP contribution in [0.15, 0.2) is 18.2 Å². The second-order valence-corrected chi connectivity index (χ2v) is 5.49. The molecule has 1 aromatic carbocycles. The number of rotatable bonds is 3. The zero-order valence-electron chi connectivity index (χ0n) is 8.80. The highest BCUT2D eigenvalue weighted by Gasteiger charge is 2.22. The van der Waals surface area contributed by atoms with Crippen LogP contribution in [-0.2, 0) is 0 Å². The first-order valence-electron chi connectivity index (χ1n) is 4.83. The molecule has 0 amide bonds. The molecule has 8 heteroatoms. The van der Waals surface area contributed by atoms with Crippen LogP contribution in [0.2, 0.25) is 5.02 Å². The van der Waals surface area contributed by atoms with E-state index in [1.165, 1.54) is 0 Å². The van der Waals surface area contributed by atoms with Crippen molar-refractivity contribution in [2.45, 2.75) is 6.10 Å². The average molecular weight is 281 g/mol. The third kappa shape index (κ3) is 3.63. The first-order valence-corrected chi connectivity index (χ1v) is 6.82. The summed E-state index contributed by atoms with van der Waals surface area (Å²) in [5.41, 5.74) is 0. The van der Waals surface area contributed by atoms with Gasteiger partial charge in [-0.3, -0.25) is 9.11 Å². The fourth-order valence-corrected chi connectivity index (χ4v) is 2.00. The molecular formula is C9H13ClN2O4S. The summed E-state index contributed by atoms with van der Waals surface area (Å²) in [6.07, 6.45) is -0.335. The number of nitrogens with one attached hydrogen (secondary N) is 1. The molecule has 0 spiro atoms. The molecule has 96 valence electrons. The van der Waals surface area contributed by atoms with E-state index in [1.807, 2.05) is 0 Å². The van der Waals surface area contributed by atoms with E-state index in [0.29, 0.717) is 16.5 Å². The lowest BCUT2D eigenvalue weighted by molar-refractivity contribution is 0.0938. The summed E-state index contributed by atoms with van der Waals surface area (Å²) in [5, 5.41) is 5.61. The Bertz CT molecular complexity index is 412. The van der Waals surface area contributed by atoms with Gasteiger partial charge in [0.1, 0.15) is 12.7 Å². The summed E-state index contributed by atoms with van der Waals surface area (Å²) < 4.78 is 31.3. The second-order valence-electron chi connectivity index (χ2n) is 3.58. The van der Waals surface area contributed by atoms with E-state index in [1.54, 1.807) is 18.2 Å². The molecule has 17 heavy (non-hydrogen) atoms. The summed E-state index contributed by atoms with van der Waals surface area (Å²) in [7, 11) is -3.21. The minimum absolute atomic E-state index is 0.181. The molecule has 1 atom stereocenters. The highest BCUT2D eigenvalue weighted by atomic mass is 35.5. The molecule has 0 aromatic heterocycles. The van der Waals surface area contributed by atoms with Crippen LogP contribution in [0.4, 0.5) is 0 Å². The van der Waals surface area contributed by atoms with Gasteiger partial charge in [0.05, 0.1) is 6.54 Å². The zero-order valence-corrected chi connectivity index (χ0v) is 10.4. The number of hydrogen-bond acceptors (Lipinski definition) is 6. The van der Waals surface area contributed by atoms with Crippen molar-refractivity contribution in [3.63, 3.8) is 0 Å². The molecule has 0 aliphatic carbocycles. The van der Waals surface area contributed by atoms with Crippen LogP contribution < -0.4 is 19.3 Å². The molecule has 0 saturated carbocycles. The van der Waals surface area contributed by atoms with Gasteiger partial charge in [-0.1, -0.05) is 22.6 Å². The molecule has 0 bridgehead atoms. The Balaban J connectivity index is 1.97. The number of hydrogen-bond donors (Lipinski definition) is 4. The average Bonchev–Trinajstić information content (AvgIpc) is 2.25. The predicted octanol–water partition coefficient (Wildman–Crippen LogP) is 1.61. The van der Waals surface area contributed by atoms with Crippen molar-refractivity contribution in [3.8, 4) is 11.5 Å². The van der Waals surface area contributed by atoms with Crippen molar-refractivity contribution in [1.82, 2.24) is 4.72 Å². The van der Waals surface area contributed by atoms with Gasteiger partial charge in [-0.05, 0) is 12.1 Å². The zero-order chi connectivity index (χ0) is 12.5. The van der Waals surface area contributed by atoms with E-state index in [4.69, 9.17) is 35.3 Å². The molecule has 6 nitrogen and oxygen atoms in total. The van der Waals surface area contributed by atoms with Crippen LogP contribution >= 0.6 is 22.6 Å². The lowest BCUT2D eigenvalue weighted by Crippen LogP contribution is -2.40. The molecule has 2 rings (SSSR count). The number of nitrogens with two attached hydrogens (primary N) is 1. The monoisotopic (exact) mass is 280 g/mol. The Kier molecular flexibility index (Phi) is 3.67. The van der Waals surface area contributed by atoms with Gasteiger partial charge in [-0.15, -0.1) is 0 Å². The first-order chi connectivity index (χ1) is 7.94. The van der Waals surface area contributed by atoms with E-state index >= 15 is 0 Å². The summed E-state index contributed by atoms with van der Waals surface area (Å²) in [6, 6.07) is 5.05. The van der Waals surface area contributed by atoms with Crippen molar-refractivity contribution in [1.29, 1.82) is 0 Å². The smallest absolute Gasteiger partial charge is 0.162 e. The minimum Gasteiger partial charge on any atom is -0.486 e. The molecule has 1 heterocycles. The van der Waals surface area contributed by atoms with E-state index < -0.39 is 11.0 Å². The maximum Gasteiger partial charge on any atom is 0.162 e. The summed E-state index contributed by atoms with van der Waals surface area (Å²) >= 11 is 5.81. The van der Waals surface area contributed by atoms with Gasteiger partial charge in [0.25, 0.3) is 0 Å². The Hall–Kier alpha value is -0.700. The molecule has 0 saturated heterocycles. The third-order valence-corrected chi connectivity index (χ3v) is 2.97. The van der Waals surface area contributed by atoms with Gasteiger partial charge in [0.2, 0.25) is 0 Å². The normalized spacial score (nSPS) is 20.1. The van der Waals surface area contributed by atoms with Crippen LogP contribution in [0.25, 0.3) is 0 Å². The Morgan fingerprint density at radius 2 is 2.24 bits per heavy atom. The first kappa shape index (κ1) is 12.7. The molecule has 1 aliphatic rings. The Labute approximate surface area is 105 Å². The summed E-state index contributed by atoms with van der Waals surface area (Å²) in [6.45, 7) is 0.469. The molecule has 1 aliphatic heterocycles. The van der Waals surface area contributed by atoms with Gasteiger partial charge in [-0.25, -0.2) is 9.86 Å².